The molecule has 2 fully saturated rings. The Labute approximate surface area is 258 Å². The standard InChI is InChI=1S/C32H43N11O/c1-20(2)42-14-13-26(40-42)29-25(32(3,4)5)16-35-30(39-29)37-22-9-11-24(12-10-22)43(31(44)38-23-7-8-23)28-18-33-27(17-34-28)21-15-36-41(6)19-21/h13-20,22-24H,7-12H2,1-6H3,(H,38,44)(H,35,37,39). The number of hydrogen-bond donors (Lipinski definition) is 2. The number of carbonyl (C=O) groups is 1. The fourth-order valence-electron chi connectivity index (χ4n) is 5.69. The van der Waals surface area contributed by atoms with Crippen molar-refractivity contribution in [3.8, 4) is 22.6 Å². The molecule has 12 heteroatoms. The first-order chi connectivity index (χ1) is 21.0. The third-order valence-electron chi connectivity index (χ3n) is 8.38. The molecule has 0 atom stereocenters. The van der Waals surface area contributed by atoms with Gasteiger partial charge in [0.1, 0.15) is 5.69 Å². The highest BCUT2D eigenvalue weighted by Crippen LogP contribution is 2.33. The second kappa shape index (κ2) is 12.0. The SMILES string of the molecule is CC(C)n1ccc(-c2nc(NC3CCC(N(C(=O)NC4CC4)c4cnc(-c5cnn(C)c5)cn4)CC3)ncc2C(C)(C)C)n1. The van der Waals surface area contributed by atoms with Crippen LogP contribution < -0.4 is 15.5 Å². The van der Waals surface area contributed by atoms with Crippen LogP contribution in [0.4, 0.5) is 16.6 Å². The number of amides is 2. The first-order valence-corrected chi connectivity index (χ1v) is 15.7. The van der Waals surface area contributed by atoms with E-state index in [0.29, 0.717) is 11.8 Å². The Kier molecular flexibility index (Phi) is 8.08. The van der Waals surface area contributed by atoms with Crippen LogP contribution >= 0.6 is 0 Å². The van der Waals surface area contributed by atoms with E-state index in [1.165, 1.54) is 0 Å². The minimum Gasteiger partial charge on any atom is -0.351 e. The Morgan fingerprint density at radius 2 is 1.70 bits per heavy atom. The molecule has 2 amide bonds. The number of carbonyl (C=O) groups excluding carboxylic acids is 1. The zero-order valence-electron chi connectivity index (χ0n) is 26.5. The van der Waals surface area contributed by atoms with E-state index in [1.54, 1.807) is 23.3 Å². The van der Waals surface area contributed by atoms with Crippen LogP contribution in [0.2, 0.25) is 0 Å². The zero-order chi connectivity index (χ0) is 31.0. The number of aromatic nitrogens is 8. The van der Waals surface area contributed by atoms with Crippen molar-refractivity contribution in [2.45, 2.75) is 103 Å². The van der Waals surface area contributed by atoms with E-state index in [2.05, 4.69) is 60.3 Å². The number of nitrogens with one attached hydrogen (secondary N) is 2. The van der Waals surface area contributed by atoms with Crippen LogP contribution in [-0.2, 0) is 12.5 Å². The fourth-order valence-corrected chi connectivity index (χ4v) is 5.69. The minimum atomic E-state index is -0.128. The summed E-state index contributed by atoms with van der Waals surface area (Å²) in [5, 5.41) is 15.8. The van der Waals surface area contributed by atoms with Gasteiger partial charge >= 0.3 is 6.03 Å². The summed E-state index contributed by atoms with van der Waals surface area (Å²) in [5.41, 5.74) is 4.27. The molecule has 232 valence electrons. The molecule has 0 aliphatic heterocycles. The van der Waals surface area contributed by atoms with Gasteiger partial charge in [0.15, 0.2) is 5.82 Å². The van der Waals surface area contributed by atoms with E-state index in [0.717, 1.165) is 66.7 Å². The lowest BCUT2D eigenvalue weighted by Gasteiger charge is -2.36. The molecule has 2 aliphatic rings. The number of rotatable bonds is 8. The second-order valence-electron chi connectivity index (χ2n) is 13.4. The topological polar surface area (TPSA) is 132 Å². The van der Waals surface area contributed by atoms with E-state index in [-0.39, 0.29) is 35.6 Å². The van der Waals surface area contributed by atoms with Crippen LogP contribution in [0, 0.1) is 0 Å². The van der Waals surface area contributed by atoms with Crippen LogP contribution in [0.5, 0.6) is 0 Å². The summed E-state index contributed by atoms with van der Waals surface area (Å²) in [6, 6.07) is 2.66. The van der Waals surface area contributed by atoms with E-state index in [9.17, 15) is 4.79 Å². The molecule has 0 bridgehead atoms. The molecule has 12 nitrogen and oxygen atoms in total. The predicted molar refractivity (Wildman–Crippen MR) is 170 cm³/mol. The van der Waals surface area contributed by atoms with Gasteiger partial charge in [-0.05, 0) is 63.9 Å². The Hall–Kier alpha value is -4.35. The molecular weight excluding hydrogens is 554 g/mol. The van der Waals surface area contributed by atoms with Gasteiger partial charge in [-0.2, -0.15) is 10.2 Å². The third-order valence-corrected chi connectivity index (χ3v) is 8.38. The molecule has 6 rings (SSSR count). The lowest BCUT2D eigenvalue weighted by molar-refractivity contribution is 0.240. The van der Waals surface area contributed by atoms with Gasteiger partial charge in [-0.15, -0.1) is 0 Å². The average Bonchev–Trinajstić information content (AvgIpc) is 3.46. The highest BCUT2D eigenvalue weighted by molar-refractivity contribution is 5.92. The molecule has 2 saturated carbocycles. The first kappa shape index (κ1) is 29.7. The molecule has 44 heavy (non-hydrogen) atoms. The molecule has 0 saturated heterocycles. The summed E-state index contributed by atoms with van der Waals surface area (Å²) in [6.07, 6.45) is 16.5. The van der Waals surface area contributed by atoms with Crippen molar-refractivity contribution in [3.63, 3.8) is 0 Å². The normalized spacial score (nSPS) is 18.8. The smallest absolute Gasteiger partial charge is 0.323 e. The van der Waals surface area contributed by atoms with Crippen LogP contribution in [0.1, 0.15) is 84.7 Å². The highest BCUT2D eigenvalue weighted by Gasteiger charge is 2.34. The van der Waals surface area contributed by atoms with Gasteiger partial charge in [-0.3, -0.25) is 19.2 Å². The number of urea groups is 1. The van der Waals surface area contributed by atoms with Crippen molar-refractivity contribution in [1.82, 2.24) is 44.8 Å². The second-order valence-corrected chi connectivity index (χ2v) is 13.4. The summed E-state index contributed by atoms with van der Waals surface area (Å²) in [6.45, 7) is 10.7. The van der Waals surface area contributed by atoms with Gasteiger partial charge in [0.05, 0.1) is 30.0 Å². The fraction of sp³-hybridized carbons (Fsp3) is 0.531. The van der Waals surface area contributed by atoms with Crippen molar-refractivity contribution in [2.75, 3.05) is 10.2 Å². The summed E-state index contributed by atoms with van der Waals surface area (Å²) < 4.78 is 3.69. The monoisotopic (exact) mass is 597 g/mol. The maximum Gasteiger partial charge on any atom is 0.323 e. The van der Waals surface area contributed by atoms with Crippen molar-refractivity contribution < 1.29 is 4.79 Å². The molecule has 0 radical (unpaired) electrons. The molecule has 0 unspecified atom stereocenters. The Morgan fingerprint density at radius 3 is 2.30 bits per heavy atom. The molecule has 4 heterocycles. The maximum absolute atomic E-state index is 13.4. The van der Waals surface area contributed by atoms with Crippen LogP contribution in [0.25, 0.3) is 22.6 Å². The maximum atomic E-state index is 13.4. The van der Waals surface area contributed by atoms with Gasteiger partial charge in [0.25, 0.3) is 0 Å². The van der Waals surface area contributed by atoms with Gasteiger partial charge in [-0.25, -0.2) is 19.7 Å². The molecule has 0 spiro atoms. The van der Waals surface area contributed by atoms with E-state index in [4.69, 9.17) is 15.1 Å². The van der Waals surface area contributed by atoms with Crippen molar-refractivity contribution in [3.05, 3.63) is 48.8 Å². The van der Waals surface area contributed by atoms with E-state index >= 15 is 0 Å². The van der Waals surface area contributed by atoms with Gasteiger partial charge in [0.2, 0.25) is 5.95 Å². The average molecular weight is 598 g/mol. The lowest BCUT2D eigenvalue weighted by atomic mass is 9.86. The molecular formula is C32H43N11O. The van der Waals surface area contributed by atoms with Crippen LogP contribution in [0.15, 0.2) is 43.2 Å². The Bertz CT molecular complexity index is 1590. The molecule has 0 aromatic carbocycles. The van der Waals surface area contributed by atoms with Gasteiger partial charge in [-0.1, -0.05) is 20.8 Å². The number of nitrogens with zero attached hydrogens (tertiary/aromatic N) is 9. The summed E-state index contributed by atoms with van der Waals surface area (Å²) in [7, 11) is 1.87. The quantitative estimate of drug-likeness (QED) is 0.272. The minimum absolute atomic E-state index is 0.0186. The van der Waals surface area contributed by atoms with Crippen molar-refractivity contribution >= 4 is 17.8 Å². The number of anilines is 2. The highest BCUT2D eigenvalue weighted by atomic mass is 16.2. The number of hydrogen-bond acceptors (Lipinski definition) is 8. The Balaban J connectivity index is 1.17. The first-order valence-electron chi connectivity index (χ1n) is 15.7. The van der Waals surface area contributed by atoms with E-state index < -0.39 is 0 Å². The van der Waals surface area contributed by atoms with Gasteiger partial charge < -0.3 is 10.6 Å². The molecule has 2 N–H and O–H groups in total. The molecule has 4 aromatic rings. The summed E-state index contributed by atoms with van der Waals surface area (Å²) in [5.74, 6) is 1.18. The summed E-state index contributed by atoms with van der Waals surface area (Å²) >= 11 is 0. The predicted octanol–water partition coefficient (Wildman–Crippen LogP) is 5.51. The van der Waals surface area contributed by atoms with Gasteiger partial charge in [0, 0.05) is 60.9 Å². The van der Waals surface area contributed by atoms with Crippen LogP contribution in [-0.4, -0.2) is 63.7 Å². The van der Waals surface area contributed by atoms with Crippen molar-refractivity contribution in [2.24, 2.45) is 7.05 Å². The lowest BCUT2D eigenvalue weighted by Crippen LogP contribution is -2.49. The Morgan fingerprint density at radius 1 is 0.955 bits per heavy atom. The zero-order valence-corrected chi connectivity index (χ0v) is 26.5. The third kappa shape index (κ3) is 6.58. The summed E-state index contributed by atoms with van der Waals surface area (Å²) in [4.78, 5) is 34.3. The van der Waals surface area contributed by atoms with E-state index in [1.807, 2.05) is 41.3 Å². The largest absolute Gasteiger partial charge is 0.351 e. The van der Waals surface area contributed by atoms with Crippen molar-refractivity contribution in [1.29, 1.82) is 0 Å². The molecule has 2 aliphatic carbocycles. The molecule has 4 aromatic heterocycles. The van der Waals surface area contributed by atoms with Crippen LogP contribution in [0.3, 0.4) is 0 Å². The number of aryl methyl sites for hydroxylation is 1.